The average molecular weight is 308 g/mol. The van der Waals surface area contributed by atoms with Crippen LogP contribution in [-0.2, 0) is 6.54 Å². The van der Waals surface area contributed by atoms with E-state index in [9.17, 15) is 13.9 Å². The number of hydrogen-bond donors (Lipinski definition) is 2. The van der Waals surface area contributed by atoms with Crippen LogP contribution in [0.3, 0.4) is 0 Å². The van der Waals surface area contributed by atoms with E-state index in [4.69, 9.17) is 0 Å². The van der Waals surface area contributed by atoms with E-state index >= 15 is 0 Å². The van der Waals surface area contributed by atoms with Crippen molar-refractivity contribution in [2.75, 3.05) is 6.54 Å². The first-order chi connectivity index (χ1) is 7.93. The summed E-state index contributed by atoms with van der Waals surface area (Å²) in [4.78, 5) is 0. The first-order valence-corrected chi connectivity index (χ1v) is 6.24. The molecule has 2 nitrogen and oxygen atoms in total. The third-order valence-corrected chi connectivity index (χ3v) is 3.18. The van der Waals surface area contributed by atoms with Gasteiger partial charge < -0.3 is 10.4 Å². The fourth-order valence-corrected chi connectivity index (χ4v) is 1.68. The Morgan fingerprint density at radius 3 is 2.59 bits per heavy atom. The molecule has 0 aliphatic rings. The van der Waals surface area contributed by atoms with E-state index in [2.05, 4.69) is 21.2 Å². The second-order valence-corrected chi connectivity index (χ2v) is 5.12. The number of aliphatic hydroxyl groups is 1. The topological polar surface area (TPSA) is 32.3 Å². The maximum absolute atomic E-state index is 13.6. The molecule has 0 saturated carbocycles. The van der Waals surface area contributed by atoms with Crippen LogP contribution < -0.4 is 5.32 Å². The summed E-state index contributed by atoms with van der Waals surface area (Å²) in [5.74, 6) is -1.08. The molecule has 0 radical (unpaired) electrons. The highest BCUT2D eigenvalue weighted by atomic mass is 79.9. The second kappa shape index (κ2) is 6.42. The van der Waals surface area contributed by atoms with Gasteiger partial charge in [0.1, 0.15) is 11.6 Å². The Balaban J connectivity index is 2.61. The number of halogens is 3. The van der Waals surface area contributed by atoms with Crippen molar-refractivity contribution in [3.63, 3.8) is 0 Å². The molecule has 17 heavy (non-hydrogen) atoms. The van der Waals surface area contributed by atoms with Crippen LogP contribution in [0, 0.1) is 17.6 Å². The van der Waals surface area contributed by atoms with Gasteiger partial charge in [0, 0.05) is 18.7 Å². The first-order valence-electron chi connectivity index (χ1n) is 5.44. The summed E-state index contributed by atoms with van der Waals surface area (Å²) in [6, 6.07) is 2.54. The highest BCUT2D eigenvalue weighted by Crippen LogP contribution is 2.21. The molecule has 1 aromatic carbocycles. The Morgan fingerprint density at radius 2 is 2.00 bits per heavy atom. The fourth-order valence-electron chi connectivity index (χ4n) is 1.31. The third kappa shape index (κ3) is 4.01. The van der Waals surface area contributed by atoms with Gasteiger partial charge in [-0.3, -0.25) is 0 Å². The highest BCUT2D eigenvalue weighted by Gasteiger charge is 2.13. The molecule has 0 aromatic heterocycles. The number of rotatable bonds is 5. The highest BCUT2D eigenvalue weighted by molar-refractivity contribution is 9.10. The quantitative estimate of drug-likeness (QED) is 0.820. The zero-order valence-electron chi connectivity index (χ0n) is 9.80. The standard InChI is InChI=1S/C12H16BrF2NO/c1-7(2)11(17)6-16-5-8-10(14)4-3-9(13)12(8)15/h3-4,7,11,16-17H,5-6H2,1-2H3. The van der Waals surface area contributed by atoms with Gasteiger partial charge in [-0.15, -0.1) is 0 Å². The summed E-state index contributed by atoms with van der Waals surface area (Å²) in [7, 11) is 0. The fraction of sp³-hybridized carbons (Fsp3) is 0.500. The van der Waals surface area contributed by atoms with Gasteiger partial charge in [-0.05, 0) is 34.0 Å². The monoisotopic (exact) mass is 307 g/mol. The summed E-state index contributed by atoms with van der Waals surface area (Å²) in [6.07, 6.45) is -0.520. The van der Waals surface area contributed by atoms with Crippen LogP contribution >= 0.6 is 15.9 Å². The summed E-state index contributed by atoms with van der Waals surface area (Å²) in [5.41, 5.74) is -0.0182. The molecule has 0 heterocycles. The molecule has 1 atom stereocenters. The van der Waals surface area contributed by atoms with Gasteiger partial charge in [0.2, 0.25) is 0 Å². The van der Waals surface area contributed by atoms with Crippen molar-refractivity contribution in [3.8, 4) is 0 Å². The van der Waals surface area contributed by atoms with E-state index < -0.39 is 17.7 Å². The molecule has 0 bridgehead atoms. The van der Waals surface area contributed by atoms with Crippen LogP contribution in [0.1, 0.15) is 19.4 Å². The van der Waals surface area contributed by atoms with Crippen molar-refractivity contribution in [3.05, 3.63) is 33.8 Å². The van der Waals surface area contributed by atoms with E-state index in [0.717, 1.165) is 0 Å². The second-order valence-electron chi connectivity index (χ2n) is 4.26. The van der Waals surface area contributed by atoms with E-state index in [1.807, 2.05) is 13.8 Å². The predicted molar refractivity (Wildman–Crippen MR) is 66.6 cm³/mol. The molecule has 0 aliphatic carbocycles. The molecule has 5 heteroatoms. The summed E-state index contributed by atoms with van der Waals surface area (Å²) < 4.78 is 27.1. The Morgan fingerprint density at radius 1 is 1.35 bits per heavy atom. The molecule has 1 unspecified atom stereocenters. The maximum Gasteiger partial charge on any atom is 0.144 e. The number of nitrogens with one attached hydrogen (secondary N) is 1. The van der Waals surface area contributed by atoms with Crippen LogP contribution in [0.2, 0.25) is 0 Å². The van der Waals surface area contributed by atoms with E-state index in [1.165, 1.54) is 12.1 Å². The summed E-state index contributed by atoms with van der Waals surface area (Å²) in [6.45, 7) is 4.13. The van der Waals surface area contributed by atoms with Gasteiger partial charge in [-0.2, -0.15) is 0 Å². The Hall–Kier alpha value is -0.520. The molecule has 1 aromatic rings. The maximum atomic E-state index is 13.6. The van der Waals surface area contributed by atoms with E-state index in [1.54, 1.807) is 0 Å². The van der Waals surface area contributed by atoms with Crippen molar-refractivity contribution in [1.82, 2.24) is 5.32 Å². The van der Waals surface area contributed by atoms with Crippen molar-refractivity contribution in [1.29, 1.82) is 0 Å². The molecule has 0 amide bonds. The lowest BCUT2D eigenvalue weighted by molar-refractivity contribution is 0.123. The number of benzene rings is 1. The minimum absolute atomic E-state index is 0.0182. The SMILES string of the molecule is CC(C)C(O)CNCc1c(F)ccc(Br)c1F. The van der Waals surface area contributed by atoms with E-state index in [-0.39, 0.29) is 22.5 Å². The average Bonchev–Trinajstić information content (AvgIpc) is 2.28. The van der Waals surface area contributed by atoms with Crippen molar-refractivity contribution in [2.45, 2.75) is 26.5 Å². The lowest BCUT2D eigenvalue weighted by Crippen LogP contribution is -2.30. The molecule has 2 N–H and O–H groups in total. The van der Waals surface area contributed by atoms with Crippen LogP contribution in [0.5, 0.6) is 0 Å². The van der Waals surface area contributed by atoms with Gasteiger partial charge in [-0.25, -0.2) is 8.78 Å². The zero-order chi connectivity index (χ0) is 13.0. The zero-order valence-corrected chi connectivity index (χ0v) is 11.4. The molecular formula is C12H16BrF2NO. The van der Waals surface area contributed by atoms with Crippen LogP contribution in [0.25, 0.3) is 0 Å². The van der Waals surface area contributed by atoms with Crippen molar-refractivity contribution in [2.24, 2.45) is 5.92 Å². The van der Waals surface area contributed by atoms with Gasteiger partial charge in [0.15, 0.2) is 0 Å². The van der Waals surface area contributed by atoms with Crippen molar-refractivity contribution >= 4 is 15.9 Å². The predicted octanol–water partition coefficient (Wildman–Crippen LogP) is 2.83. The Labute approximate surface area is 108 Å². The smallest absolute Gasteiger partial charge is 0.144 e. The molecule has 0 saturated heterocycles. The lowest BCUT2D eigenvalue weighted by atomic mass is 10.1. The summed E-state index contributed by atoms with van der Waals surface area (Å²) in [5, 5.41) is 12.4. The van der Waals surface area contributed by atoms with Gasteiger partial charge in [-0.1, -0.05) is 13.8 Å². The first kappa shape index (κ1) is 14.5. The normalized spacial score (nSPS) is 13.1. The number of aliphatic hydroxyl groups excluding tert-OH is 1. The molecule has 0 fully saturated rings. The lowest BCUT2D eigenvalue weighted by Gasteiger charge is -2.15. The molecule has 0 aliphatic heterocycles. The van der Waals surface area contributed by atoms with Crippen LogP contribution in [0.15, 0.2) is 16.6 Å². The Bertz CT molecular complexity index is 385. The molecule has 1 rings (SSSR count). The van der Waals surface area contributed by atoms with Gasteiger partial charge >= 0.3 is 0 Å². The Kier molecular flexibility index (Phi) is 5.49. The minimum Gasteiger partial charge on any atom is -0.392 e. The summed E-state index contributed by atoms with van der Waals surface area (Å²) >= 11 is 3.01. The van der Waals surface area contributed by atoms with Crippen LogP contribution in [0.4, 0.5) is 8.78 Å². The van der Waals surface area contributed by atoms with E-state index in [0.29, 0.717) is 6.54 Å². The molecular weight excluding hydrogens is 292 g/mol. The van der Waals surface area contributed by atoms with Gasteiger partial charge in [0.05, 0.1) is 10.6 Å². The molecule has 0 spiro atoms. The number of hydrogen-bond acceptors (Lipinski definition) is 2. The largest absolute Gasteiger partial charge is 0.392 e. The van der Waals surface area contributed by atoms with Crippen molar-refractivity contribution < 1.29 is 13.9 Å². The molecule has 96 valence electrons. The van der Waals surface area contributed by atoms with Gasteiger partial charge in [0.25, 0.3) is 0 Å². The third-order valence-electron chi connectivity index (χ3n) is 2.56. The minimum atomic E-state index is -0.600. The van der Waals surface area contributed by atoms with Crippen LogP contribution in [-0.4, -0.2) is 17.8 Å².